The zero-order chi connectivity index (χ0) is 19.7. The number of pyridine rings is 1. The van der Waals surface area contributed by atoms with Gasteiger partial charge in [0.2, 0.25) is 0 Å². The second-order valence-electron chi connectivity index (χ2n) is 6.45. The molecule has 1 N–H and O–H groups in total. The summed E-state index contributed by atoms with van der Waals surface area (Å²) in [7, 11) is 3.24. The summed E-state index contributed by atoms with van der Waals surface area (Å²) in [6, 6.07) is 12.9. The number of hydrogen-bond acceptors (Lipinski definition) is 5. The van der Waals surface area contributed by atoms with E-state index < -0.39 is 0 Å². The number of ether oxygens (including phenoxy) is 2. The van der Waals surface area contributed by atoms with E-state index in [-0.39, 0.29) is 5.56 Å². The number of H-pyrrole nitrogens is 1. The lowest BCUT2D eigenvalue weighted by Gasteiger charge is -2.06. The van der Waals surface area contributed by atoms with Gasteiger partial charge in [-0.05, 0) is 36.8 Å². The Labute approximate surface area is 161 Å². The first-order valence-electron chi connectivity index (χ1n) is 8.81. The Hall–Kier alpha value is -3.45. The lowest BCUT2D eigenvalue weighted by atomic mass is 10.1. The van der Waals surface area contributed by atoms with Crippen LogP contribution in [0.25, 0.3) is 28.0 Å². The number of aromatic amines is 1. The molecule has 0 spiro atoms. The third-order valence-electron chi connectivity index (χ3n) is 4.57. The van der Waals surface area contributed by atoms with Crippen LogP contribution >= 0.6 is 0 Å². The highest BCUT2D eigenvalue weighted by Gasteiger charge is 2.18. The molecule has 0 aliphatic carbocycles. The number of aromatic nitrogens is 4. The molecule has 142 valence electrons. The number of aryl methyl sites for hydroxylation is 1. The van der Waals surface area contributed by atoms with Gasteiger partial charge in [-0.2, -0.15) is 0 Å². The van der Waals surface area contributed by atoms with Gasteiger partial charge in [0.25, 0.3) is 5.56 Å². The zero-order valence-corrected chi connectivity index (χ0v) is 15.9. The molecular weight excluding hydrogens is 356 g/mol. The predicted octanol–water partition coefficient (Wildman–Crippen LogP) is 3.22. The summed E-state index contributed by atoms with van der Waals surface area (Å²) in [6.45, 7) is 2.24. The van der Waals surface area contributed by atoms with E-state index in [4.69, 9.17) is 14.5 Å². The van der Waals surface area contributed by atoms with Crippen molar-refractivity contribution in [3.8, 4) is 28.1 Å². The minimum Gasteiger partial charge on any atom is -0.497 e. The third-order valence-corrected chi connectivity index (χ3v) is 4.57. The van der Waals surface area contributed by atoms with E-state index in [1.807, 2.05) is 43.3 Å². The largest absolute Gasteiger partial charge is 0.497 e. The molecule has 0 saturated heterocycles. The Balaban J connectivity index is 1.96. The Morgan fingerprint density at radius 1 is 1.07 bits per heavy atom. The molecule has 0 saturated carbocycles. The lowest BCUT2D eigenvalue weighted by molar-refractivity contribution is 0.181. The average molecular weight is 376 g/mol. The van der Waals surface area contributed by atoms with Crippen LogP contribution in [0.15, 0.2) is 53.5 Å². The molecule has 0 bridgehead atoms. The molecule has 0 unspecified atom stereocenters. The van der Waals surface area contributed by atoms with Gasteiger partial charge >= 0.3 is 0 Å². The van der Waals surface area contributed by atoms with Crippen LogP contribution < -0.4 is 10.3 Å². The molecule has 7 heteroatoms. The SMILES string of the molecule is COCc1[nH]n2c(=O)cc(-c3ccc(C)nc3)nc2c1-c1ccc(OC)cc1. The Morgan fingerprint density at radius 2 is 1.82 bits per heavy atom. The number of rotatable bonds is 5. The Bertz CT molecular complexity index is 1180. The van der Waals surface area contributed by atoms with E-state index in [1.165, 1.54) is 10.6 Å². The van der Waals surface area contributed by atoms with Gasteiger partial charge in [-0.15, -0.1) is 0 Å². The van der Waals surface area contributed by atoms with Crippen molar-refractivity contribution in [3.63, 3.8) is 0 Å². The summed E-state index contributed by atoms with van der Waals surface area (Å²) in [4.78, 5) is 21.8. The number of hydrogen-bond donors (Lipinski definition) is 1. The standard InChI is InChI=1S/C21H20N4O3/c1-13-4-5-15(11-22-13)17-10-19(26)25-21(23-17)20(18(24-25)12-27-2)14-6-8-16(28-3)9-7-14/h4-11,24H,12H2,1-3H3. The summed E-state index contributed by atoms with van der Waals surface area (Å²) >= 11 is 0. The van der Waals surface area contributed by atoms with E-state index in [9.17, 15) is 4.79 Å². The van der Waals surface area contributed by atoms with Crippen LogP contribution in [0.3, 0.4) is 0 Å². The molecular formula is C21H20N4O3. The number of methoxy groups -OCH3 is 2. The summed E-state index contributed by atoms with van der Waals surface area (Å²) in [5.74, 6) is 0.758. The first-order valence-corrected chi connectivity index (χ1v) is 8.81. The molecule has 0 fully saturated rings. The second-order valence-corrected chi connectivity index (χ2v) is 6.45. The molecule has 0 aliphatic rings. The van der Waals surface area contributed by atoms with Crippen molar-refractivity contribution in [2.24, 2.45) is 0 Å². The van der Waals surface area contributed by atoms with E-state index >= 15 is 0 Å². The highest BCUT2D eigenvalue weighted by molar-refractivity contribution is 5.81. The van der Waals surface area contributed by atoms with Gasteiger partial charge in [0.05, 0.1) is 25.1 Å². The summed E-state index contributed by atoms with van der Waals surface area (Å²) in [6.07, 6.45) is 1.73. The Kier molecular flexibility index (Phi) is 4.67. The quantitative estimate of drug-likeness (QED) is 0.578. The number of fused-ring (bicyclic) bond motifs is 1. The maximum atomic E-state index is 12.8. The maximum absolute atomic E-state index is 12.8. The van der Waals surface area contributed by atoms with Gasteiger partial charge in [-0.25, -0.2) is 9.50 Å². The van der Waals surface area contributed by atoms with Crippen LogP contribution in [-0.2, 0) is 11.3 Å². The maximum Gasteiger partial charge on any atom is 0.273 e. The highest BCUT2D eigenvalue weighted by Crippen LogP contribution is 2.30. The molecule has 3 aromatic heterocycles. The van der Waals surface area contributed by atoms with Crippen molar-refractivity contribution in [3.05, 3.63) is 70.4 Å². The van der Waals surface area contributed by atoms with Crippen molar-refractivity contribution in [1.82, 2.24) is 19.6 Å². The average Bonchev–Trinajstić information content (AvgIpc) is 3.07. The molecule has 0 aliphatic heterocycles. The van der Waals surface area contributed by atoms with Crippen LogP contribution in [0.1, 0.15) is 11.4 Å². The van der Waals surface area contributed by atoms with Gasteiger partial charge < -0.3 is 9.47 Å². The van der Waals surface area contributed by atoms with Crippen molar-refractivity contribution in [1.29, 1.82) is 0 Å². The van der Waals surface area contributed by atoms with E-state index in [0.717, 1.165) is 33.8 Å². The fraction of sp³-hybridized carbons (Fsp3) is 0.190. The summed E-state index contributed by atoms with van der Waals surface area (Å²) < 4.78 is 12.0. The third kappa shape index (κ3) is 3.16. The van der Waals surface area contributed by atoms with Crippen molar-refractivity contribution >= 4 is 5.65 Å². The second kappa shape index (κ2) is 7.28. The molecule has 0 radical (unpaired) electrons. The molecule has 7 nitrogen and oxygen atoms in total. The van der Waals surface area contributed by atoms with E-state index in [1.54, 1.807) is 20.4 Å². The highest BCUT2D eigenvalue weighted by atomic mass is 16.5. The van der Waals surface area contributed by atoms with Gasteiger partial charge in [0.15, 0.2) is 5.65 Å². The van der Waals surface area contributed by atoms with E-state index in [2.05, 4.69) is 10.1 Å². The first kappa shape index (κ1) is 17.9. The zero-order valence-electron chi connectivity index (χ0n) is 15.9. The molecule has 0 atom stereocenters. The van der Waals surface area contributed by atoms with Gasteiger partial charge in [-0.3, -0.25) is 14.9 Å². The predicted molar refractivity (Wildman–Crippen MR) is 106 cm³/mol. The van der Waals surface area contributed by atoms with Gasteiger partial charge in [-0.1, -0.05) is 12.1 Å². The fourth-order valence-corrected chi connectivity index (χ4v) is 3.16. The van der Waals surface area contributed by atoms with Crippen LogP contribution in [0.4, 0.5) is 0 Å². The number of benzene rings is 1. The summed E-state index contributed by atoms with van der Waals surface area (Å²) in [5, 5.41) is 3.12. The van der Waals surface area contributed by atoms with Crippen molar-refractivity contribution < 1.29 is 9.47 Å². The van der Waals surface area contributed by atoms with E-state index in [0.29, 0.717) is 17.9 Å². The molecule has 1 aromatic carbocycles. The molecule has 0 amide bonds. The summed E-state index contributed by atoms with van der Waals surface area (Å²) in [5.41, 5.74) is 5.13. The molecule has 4 aromatic rings. The molecule has 4 rings (SSSR count). The van der Waals surface area contributed by atoms with Crippen LogP contribution in [0, 0.1) is 6.92 Å². The number of nitrogens with zero attached hydrogens (tertiary/aromatic N) is 3. The minimum atomic E-state index is -0.197. The van der Waals surface area contributed by atoms with Crippen LogP contribution in [-0.4, -0.2) is 33.8 Å². The van der Waals surface area contributed by atoms with Gasteiger partial charge in [0.1, 0.15) is 5.75 Å². The number of nitrogens with one attached hydrogen (secondary N) is 1. The lowest BCUT2D eigenvalue weighted by Crippen LogP contribution is -2.14. The van der Waals surface area contributed by atoms with Gasteiger partial charge in [0, 0.05) is 36.2 Å². The van der Waals surface area contributed by atoms with Crippen LogP contribution in [0.2, 0.25) is 0 Å². The monoisotopic (exact) mass is 376 g/mol. The normalized spacial score (nSPS) is 11.1. The van der Waals surface area contributed by atoms with Crippen molar-refractivity contribution in [2.75, 3.05) is 14.2 Å². The molecule has 28 heavy (non-hydrogen) atoms. The van der Waals surface area contributed by atoms with Crippen molar-refractivity contribution in [2.45, 2.75) is 13.5 Å². The fourth-order valence-electron chi connectivity index (χ4n) is 3.16. The first-order chi connectivity index (χ1) is 13.6. The van der Waals surface area contributed by atoms with Crippen LogP contribution in [0.5, 0.6) is 5.75 Å². The minimum absolute atomic E-state index is 0.197. The smallest absolute Gasteiger partial charge is 0.273 e. The Morgan fingerprint density at radius 3 is 2.46 bits per heavy atom. The molecule has 3 heterocycles. The topological polar surface area (TPSA) is 81.5 Å².